The third kappa shape index (κ3) is 0.866. The third-order valence-electron chi connectivity index (χ3n) is 2.08. The second-order valence-electron chi connectivity index (χ2n) is 2.92. The molecule has 1 N–H and O–H groups in total. The van der Waals surface area contributed by atoms with Gasteiger partial charge in [-0.15, -0.1) is 0 Å². The molecule has 0 unspecified atom stereocenters. The van der Waals surface area contributed by atoms with E-state index in [2.05, 4.69) is 16.5 Å². The molecular weight excluding hydrogens is 152 g/mol. The lowest BCUT2D eigenvalue weighted by Crippen LogP contribution is -2.17. The maximum absolute atomic E-state index is 8.82. The van der Waals surface area contributed by atoms with E-state index in [0.29, 0.717) is 5.56 Å². The van der Waals surface area contributed by atoms with Gasteiger partial charge in [0.15, 0.2) is 0 Å². The van der Waals surface area contributed by atoms with E-state index >= 15 is 0 Å². The summed E-state index contributed by atoms with van der Waals surface area (Å²) in [5.41, 5.74) is 1.51. The lowest BCUT2D eigenvalue weighted by molar-refractivity contribution is 0.564. The maximum atomic E-state index is 8.82. The van der Waals surface area contributed by atoms with Crippen LogP contribution in [0.4, 0.5) is 5.82 Å². The van der Waals surface area contributed by atoms with E-state index in [1.54, 1.807) is 0 Å². The molecule has 4 heteroatoms. The topological polar surface area (TPSA) is 53.6 Å². The second-order valence-corrected chi connectivity index (χ2v) is 2.92. The molecular formula is C8H10N4. The van der Waals surface area contributed by atoms with Gasteiger partial charge in [-0.3, -0.25) is 0 Å². The maximum Gasteiger partial charge on any atom is 0.142 e. The van der Waals surface area contributed by atoms with E-state index in [9.17, 15) is 0 Å². The van der Waals surface area contributed by atoms with Crippen LogP contribution in [0.3, 0.4) is 0 Å². The molecule has 2 rings (SSSR count). The summed E-state index contributed by atoms with van der Waals surface area (Å²) >= 11 is 0. The van der Waals surface area contributed by atoms with Gasteiger partial charge in [-0.25, -0.2) is 4.68 Å². The molecule has 4 nitrogen and oxygen atoms in total. The largest absolute Gasteiger partial charge is 0.369 e. The molecule has 0 radical (unpaired) electrons. The van der Waals surface area contributed by atoms with Gasteiger partial charge in [0, 0.05) is 13.1 Å². The first-order valence-electron chi connectivity index (χ1n) is 4.04. The average Bonchev–Trinajstić information content (AvgIpc) is 2.40. The quantitative estimate of drug-likeness (QED) is 0.616. The molecule has 0 bridgehead atoms. The van der Waals surface area contributed by atoms with E-state index < -0.39 is 0 Å². The molecule has 0 amide bonds. The zero-order chi connectivity index (χ0) is 8.55. The molecule has 2 heterocycles. The fraction of sp³-hybridized carbons (Fsp3) is 0.500. The Kier molecular flexibility index (Phi) is 1.51. The number of nitrogens with zero attached hydrogens (tertiary/aromatic N) is 3. The van der Waals surface area contributed by atoms with Crippen LogP contribution in [0, 0.1) is 18.3 Å². The minimum absolute atomic E-state index is 0.690. The SMILES string of the molecule is Cc1nn2c(c1C#N)NCCC2. The smallest absolute Gasteiger partial charge is 0.142 e. The number of hydrogen-bond acceptors (Lipinski definition) is 3. The van der Waals surface area contributed by atoms with E-state index in [1.165, 1.54) is 0 Å². The normalized spacial score (nSPS) is 14.7. The van der Waals surface area contributed by atoms with Crippen molar-refractivity contribution in [2.75, 3.05) is 11.9 Å². The first kappa shape index (κ1) is 7.17. The van der Waals surface area contributed by atoms with Crippen molar-refractivity contribution in [2.45, 2.75) is 19.9 Å². The van der Waals surface area contributed by atoms with Crippen LogP contribution in [0.2, 0.25) is 0 Å². The number of aromatic nitrogens is 2. The van der Waals surface area contributed by atoms with Gasteiger partial charge in [0.05, 0.1) is 5.69 Å². The van der Waals surface area contributed by atoms with E-state index in [0.717, 1.165) is 31.0 Å². The van der Waals surface area contributed by atoms with Crippen molar-refractivity contribution in [1.82, 2.24) is 9.78 Å². The minimum atomic E-state index is 0.690. The lowest BCUT2D eigenvalue weighted by Gasteiger charge is -2.15. The Hall–Kier alpha value is -1.50. The highest BCUT2D eigenvalue weighted by atomic mass is 15.3. The second kappa shape index (κ2) is 2.52. The highest BCUT2D eigenvalue weighted by molar-refractivity contribution is 5.55. The number of nitriles is 1. The summed E-state index contributed by atoms with van der Waals surface area (Å²) in [5, 5.41) is 16.3. The summed E-state index contributed by atoms with van der Waals surface area (Å²) in [6, 6.07) is 2.16. The molecule has 62 valence electrons. The summed E-state index contributed by atoms with van der Waals surface area (Å²) in [6.07, 6.45) is 1.08. The minimum Gasteiger partial charge on any atom is -0.369 e. The van der Waals surface area contributed by atoms with Gasteiger partial charge in [0.1, 0.15) is 17.5 Å². The van der Waals surface area contributed by atoms with Crippen LogP contribution in [0.5, 0.6) is 0 Å². The molecule has 0 aliphatic carbocycles. The van der Waals surface area contributed by atoms with Crippen LogP contribution in [-0.2, 0) is 6.54 Å². The Balaban J connectivity index is 2.56. The number of hydrogen-bond donors (Lipinski definition) is 1. The van der Waals surface area contributed by atoms with Gasteiger partial charge in [0.25, 0.3) is 0 Å². The van der Waals surface area contributed by atoms with Crippen molar-refractivity contribution in [1.29, 1.82) is 5.26 Å². The summed E-state index contributed by atoms with van der Waals surface area (Å²) in [5.74, 6) is 0.890. The first-order valence-corrected chi connectivity index (χ1v) is 4.04. The summed E-state index contributed by atoms with van der Waals surface area (Å²) < 4.78 is 1.87. The van der Waals surface area contributed by atoms with Crippen LogP contribution in [0.1, 0.15) is 17.7 Å². The number of fused-ring (bicyclic) bond motifs is 1. The van der Waals surface area contributed by atoms with E-state index in [-0.39, 0.29) is 0 Å². The van der Waals surface area contributed by atoms with Crippen molar-refractivity contribution in [2.24, 2.45) is 0 Å². The molecule has 1 aromatic heterocycles. The standard InChI is InChI=1S/C8H10N4/c1-6-7(5-9)8-10-3-2-4-12(8)11-6/h10H,2-4H2,1H3. The monoisotopic (exact) mass is 162 g/mol. The number of aryl methyl sites for hydroxylation is 2. The number of rotatable bonds is 0. The van der Waals surface area contributed by atoms with Crippen LogP contribution in [0.25, 0.3) is 0 Å². The molecule has 0 spiro atoms. The molecule has 0 atom stereocenters. The highest BCUT2D eigenvalue weighted by Gasteiger charge is 2.16. The highest BCUT2D eigenvalue weighted by Crippen LogP contribution is 2.21. The molecule has 0 saturated carbocycles. The fourth-order valence-corrected chi connectivity index (χ4v) is 1.49. The van der Waals surface area contributed by atoms with Gasteiger partial charge in [-0.2, -0.15) is 10.4 Å². The van der Waals surface area contributed by atoms with E-state index in [1.807, 2.05) is 11.6 Å². The van der Waals surface area contributed by atoms with Gasteiger partial charge >= 0.3 is 0 Å². The Morgan fingerprint density at radius 3 is 3.25 bits per heavy atom. The molecule has 12 heavy (non-hydrogen) atoms. The average molecular weight is 162 g/mol. The van der Waals surface area contributed by atoms with Crippen molar-refractivity contribution in [3.63, 3.8) is 0 Å². The Morgan fingerprint density at radius 2 is 2.50 bits per heavy atom. The molecule has 0 fully saturated rings. The van der Waals surface area contributed by atoms with Crippen LogP contribution < -0.4 is 5.32 Å². The Labute approximate surface area is 70.8 Å². The zero-order valence-electron chi connectivity index (χ0n) is 6.96. The molecule has 0 saturated heterocycles. The van der Waals surface area contributed by atoms with Crippen LogP contribution >= 0.6 is 0 Å². The molecule has 1 aliphatic rings. The third-order valence-corrected chi connectivity index (χ3v) is 2.08. The number of nitrogens with one attached hydrogen (secondary N) is 1. The predicted molar refractivity (Wildman–Crippen MR) is 44.8 cm³/mol. The van der Waals surface area contributed by atoms with Crippen LogP contribution in [-0.4, -0.2) is 16.3 Å². The predicted octanol–water partition coefficient (Wildman–Crippen LogP) is 0.879. The zero-order valence-corrected chi connectivity index (χ0v) is 6.96. The van der Waals surface area contributed by atoms with E-state index in [4.69, 9.17) is 5.26 Å². The fourth-order valence-electron chi connectivity index (χ4n) is 1.49. The first-order chi connectivity index (χ1) is 5.83. The summed E-state index contributed by atoms with van der Waals surface area (Å²) in [4.78, 5) is 0. The van der Waals surface area contributed by atoms with Crippen molar-refractivity contribution >= 4 is 5.82 Å². The van der Waals surface area contributed by atoms with Crippen molar-refractivity contribution < 1.29 is 0 Å². The van der Waals surface area contributed by atoms with Crippen molar-refractivity contribution in [3.05, 3.63) is 11.3 Å². The van der Waals surface area contributed by atoms with Gasteiger partial charge in [-0.05, 0) is 13.3 Å². The summed E-state index contributed by atoms with van der Waals surface area (Å²) in [6.45, 7) is 3.73. The van der Waals surface area contributed by atoms with Crippen molar-refractivity contribution in [3.8, 4) is 6.07 Å². The number of anilines is 1. The summed E-state index contributed by atoms with van der Waals surface area (Å²) in [7, 11) is 0. The Bertz CT molecular complexity index is 345. The molecule has 0 aromatic carbocycles. The molecule has 1 aliphatic heterocycles. The van der Waals surface area contributed by atoms with Gasteiger partial charge in [0.2, 0.25) is 0 Å². The van der Waals surface area contributed by atoms with Gasteiger partial charge < -0.3 is 5.32 Å². The lowest BCUT2D eigenvalue weighted by atomic mass is 10.2. The van der Waals surface area contributed by atoms with Crippen LogP contribution in [0.15, 0.2) is 0 Å². The molecule has 1 aromatic rings. The Morgan fingerprint density at radius 1 is 1.67 bits per heavy atom. The van der Waals surface area contributed by atoms with Gasteiger partial charge in [-0.1, -0.05) is 0 Å².